The molecule has 1 aromatic heterocycles. The number of carbonyl (C=O) groups excluding carboxylic acids is 1. The van der Waals surface area contributed by atoms with E-state index in [1.165, 1.54) is 16.4 Å². The summed E-state index contributed by atoms with van der Waals surface area (Å²) >= 11 is 8.10. The second-order valence-corrected chi connectivity index (χ2v) is 8.49. The number of carbonyl (C=O) groups is 1. The number of hydrogen-bond acceptors (Lipinski definition) is 5. The number of thioether (sulfide) groups is 1. The highest BCUT2D eigenvalue weighted by molar-refractivity contribution is 9.10. The molecule has 0 aliphatic rings. The molecule has 0 spiro atoms. The van der Waals surface area contributed by atoms with Crippen molar-refractivity contribution >= 4 is 55.2 Å². The van der Waals surface area contributed by atoms with Crippen molar-refractivity contribution in [2.45, 2.75) is 17.3 Å². The maximum atomic E-state index is 12.4. The highest BCUT2D eigenvalue weighted by Gasteiger charge is 2.20. The smallest absolute Gasteiger partial charge is 0.237 e. The van der Waals surface area contributed by atoms with Crippen LogP contribution < -0.4 is 11.2 Å². The van der Waals surface area contributed by atoms with Crippen LogP contribution in [-0.2, 0) is 4.79 Å². The van der Waals surface area contributed by atoms with Crippen molar-refractivity contribution in [2.24, 2.45) is 0 Å². The van der Waals surface area contributed by atoms with E-state index in [-0.39, 0.29) is 5.91 Å². The SMILES string of the molecule is C[C@@H](Sc1nnc(-c2ccccc2Br)n1N)C(=O)Nc1ccc(Br)cc1. The molecule has 3 rings (SSSR count). The summed E-state index contributed by atoms with van der Waals surface area (Å²) in [4.78, 5) is 12.4. The molecule has 6 nitrogen and oxygen atoms in total. The van der Waals surface area contributed by atoms with Gasteiger partial charge in [-0.3, -0.25) is 4.79 Å². The molecule has 0 aliphatic heterocycles. The van der Waals surface area contributed by atoms with Crippen LogP contribution in [0.4, 0.5) is 5.69 Å². The van der Waals surface area contributed by atoms with Crippen LogP contribution in [-0.4, -0.2) is 26.0 Å². The van der Waals surface area contributed by atoms with Crippen molar-refractivity contribution in [1.82, 2.24) is 14.9 Å². The molecule has 9 heteroatoms. The van der Waals surface area contributed by atoms with Crippen LogP contribution in [0.3, 0.4) is 0 Å². The molecule has 1 atom stereocenters. The van der Waals surface area contributed by atoms with Crippen molar-refractivity contribution in [3.8, 4) is 11.4 Å². The summed E-state index contributed by atoms with van der Waals surface area (Å²) in [7, 11) is 0. The number of nitrogen functional groups attached to an aromatic ring is 1. The molecule has 1 heterocycles. The predicted octanol–water partition coefficient (Wildman–Crippen LogP) is 4.30. The summed E-state index contributed by atoms with van der Waals surface area (Å²) in [6, 6.07) is 15.0. The lowest BCUT2D eigenvalue weighted by Crippen LogP contribution is -2.23. The van der Waals surface area contributed by atoms with Gasteiger partial charge in [0, 0.05) is 20.2 Å². The van der Waals surface area contributed by atoms with E-state index in [0.717, 1.165) is 20.2 Å². The standard InChI is InChI=1S/C17H15Br2N5OS/c1-10(16(25)21-12-8-6-11(18)7-9-12)26-17-23-22-15(24(17)20)13-4-2-3-5-14(13)19/h2-10H,20H2,1H3,(H,21,25)/t10-/m1/s1. The van der Waals surface area contributed by atoms with Crippen molar-refractivity contribution in [2.75, 3.05) is 11.2 Å². The van der Waals surface area contributed by atoms with Crippen LogP contribution in [0.15, 0.2) is 62.6 Å². The van der Waals surface area contributed by atoms with E-state index in [0.29, 0.717) is 11.0 Å². The summed E-state index contributed by atoms with van der Waals surface area (Å²) in [5, 5.41) is 11.2. The van der Waals surface area contributed by atoms with E-state index >= 15 is 0 Å². The summed E-state index contributed by atoms with van der Waals surface area (Å²) < 4.78 is 3.22. The maximum absolute atomic E-state index is 12.4. The quantitative estimate of drug-likeness (QED) is 0.406. The largest absolute Gasteiger partial charge is 0.335 e. The van der Waals surface area contributed by atoms with E-state index in [4.69, 9.17) is 5.84 Å². The van der Waals surface area contributed by atoms with E-state index in [9.17, 15) is 4.79 Å². The molecule has 2 aromatic carbocycles. The van der Waals surface area contributed by atoms with Crippen molar-refractivity contribution in [3.05, 3.63) is 57.5 Å². The van der Waals surface area contributed by atoms with Crippen LogP contribution in [0.5, 0.6) is 0 Å². The van der Waals surface area contributed by atoms with Crippen LogP contribution >= 0.6 is 43.6 Å². The number of anilines is 1. The first kappa shape index (κ1) is 18.9. The Morgan fingerprint density at radius 3 is 2.54 bits per heavy atom. The second-order valence-electron chi connectivity index (χ2n) is 5.41. The Morgan fingerprint density at radius 1 is 1.15 bits per heavy atom. The van der Waals surface area contributed by atoms with Gasteiger partial charge in [-0.1, -0.05) is 55.8 Å². The third-order valence-electron chi connectivity index (χ3n) is 3.54. The number of amides is 1. The Labute approximate surface area is 171 Å². The van der Waals surface area contributed by atoms with Crippen molar-refractivity contribution < 1.29 is 4.79 Å². The van der Waals surface area contributed by atoms with E-state index in [1.54, 1.807) is 6.92 Å². The van der Waals surface area contributed by atoms with Gasteiger partial charge in [0.05, 0.1) is 5.25 Å². The average molecular weight is 497 g/mol. The van der Waals surface area contributed by atoms with Gasteiger partial charge in [0.1, 0.15) is 0 Å². The zero-order valence-electron chi connectivity index (χ0n) is 13.7. The summed E-state index contributed by atoms with van der Waals surface area (Å²) in [6.45, 7) is 1.80. The number of hydrogen-bond donors (Lipinski definition) is 2. The van der Waals surface area contributed by atoms with Gasteiger partial charge in [0.2, 0.25) is 11.1 Å². The topological polar surface area (TPSA) is 85.8 Å². The molecule has 0 bridgehead atoms. The molecule has 26 heavy (non-hydrogen) atoms. The van der Waals surface area contributed by atoms with E-state index in [2.05, 4.69) is 47.4 Å². The Kier molecular flexibility index (Phi) is 6.00. The molecule has 0 saturated heterocycles. The Balaban J connectivity index is 1.71. The molecular formula is C17H15Br2N5OS. The minimum Gasteiger partial charge on any atom is -0.335 e. The molecule has 3 N–H and O–H groups in total. The van der Waals surface area contributed by atoms with Gasteiger partial charge in [-0.2, -0.15) is 0 Å². The van der Waals surface area contributed by atoms with Gasteiger partial charge in [0.25, 0.3) is 0 Å². The van der Waals surface area contributed by atoms with Crippen LogP contribution in [0.1, 0.15) is 6.92 Å². The number of nitrogens with zero attached hydrogens (tertiary/aromatic N) is 3. The fraction of sp³-hybridized carbons (Fsp3) is 0.118. The molecular weight excluding hydrogens is 482 g/mol. The number of halogens is 2. The summed E-state index contributed by atoms with van der Waals surface area (Å²) in [5.74, 6) is 6.53. The monoisotopic (exact) mass is 495 g/mol. The maximum Gasteiger partial charge on any atom is 0.237 e. The van der Waals surface area contributed by atoms with Gasteiger partial charge in [0.15, 0.2) is 5.82 Å². The van der Waals surface area contributed by atoms with Crippen molar-refractivity contribution in [3.63, 3.8) is 0 Å². The number of nitrogens with two attached hydrogens (primary N) is 1. The number of aromatic nitrogens is 3. The molecule has 0 saturated carbocycles. The molecule has 0 fully saturated rings. The highest BCUT2D eigenvalue weighted by atomic mass is 79.9. The third kappa shape index (κ3) is 4.28. The fourth-order valence-electron chi connectivity index (χ4n) is 2.17. The normalized spacial score (nSPS) is 12.0. The lowest BCUT2D eigenvalue weighted by molar-refractivity contribution is -0.115. The summed E-state index contributed by atoms with van der Waals surface area (Å²) in [5.41, 5.74) is 1.56. The molecule has 3 aromatic rings. The minimum absolute atomic E-state index is 0.136. The van der Waals surface area contributed by atoms with Crippen LogP contribution in [0, 0.1) is 0 Å². The molecule has 0 radical (unpaired) electrons. The lowest BCUT2D eigenvalue weighted by atomic mass is 10.2. The predicted molar refractivity (Wildman–Crippen MR) is 111 cm³/mol. The average Bonchev–Trinajstić information content (AvgIpc) is 2.98. The zero-order chi connectivity index (χ0) is 18.7. The molecule has 0 unspecified atom stereocenters. The Bertz CT molecular complexity index is 929. The van der Waals surface area contributed by atoms with E-state index < -0.39 is 5.25 Å². The van der Waals surface area contributed by atoms with Gasteiger partial charge < -0.3 is 11.2 Å². The molecule has 134 valence electrons. The fourth-order valence-corrected chi connectivity index (χ4v) is 3.67. The van der Waals surface area contributed by atoms with Crippen LogP contribution in [0.25, 0.3) is 11.4 Å². The van der Waals surface area contributed by atoms with Gasteiger partial charge in [-0.25, -0.2) is 4.68 Å². The van der Waals surface area contributed by atoms with Crippen molar-refractivity contribution in [1.29, 1.82) is 0 Å². The number of rotatable bonds is 5. The number of nitrogens with one attached hydrogen (secondary N) is 1. The molecule has 0 aliphatic carbocycles. The Hall–Kier alpha value is -1.84. The molecule has 1 amide bonds. The number of benzene rings is 2. The zero-order valence-corrected chi connectivity index (χ0v) is 17.7. The highest BCUT2D eigenvalue weighted by Crippen LogP contribution is 2.29. The first-order valence-electron chi connectivity index (χ1n) is 7.64. The minimum atomic E-state index is -0.391. The van der Waals surface area contributed by atoms with Gasteiger partial charge in [-0.05, 0) is 43.3 Å². The van der Waals surface area contributed by atoms with E-state index in [1.807, 2.05) is 48.5 Å². The third-order valence-corrected chi connectivity index (χ3v) is 5.82. The first-order chi connectivity index (χ1) is 12.5. The first-order valence-corrected chi connectivity index (χ1v) is 10.1. The summed E-state index contributed by atoms with van der Waals surface area (Å²) in [6.07, 6.45) is 0. The lowest BCUT2D eigenvalue weighted by Gasteiger charge is -2.11. The van der Waals surface area contributed by atoms with Crippen LogP contribution in [0.2, 0.25) is 0 Å². The van der Waals surface area contributed by atoms with Gasteiger partial charge in [-0.15, -0.1) is 10.2 Å². The Morgan fingerprint density at radius 2 is 1.85 bits per heavy atom. The van der Waals surface area contributed by atoms with Gasteiger partial charge >= 0.3 is 0 Å². The second kappa shape index (κ2) is 8.24.